The first-order chi connectivity index (χ1) is 18.7. The third kappa shape index (κ3) is 7.64. The highest BCUT2D eigenvalue weighted by atomic mass is 16.6. The van der Waals surface area contributed by atoms with Crippen molar-refractivity contribution in [1.29, 1.82) is 0 Å². The summed E-state index contributed by atoms with van der Waals surface area (Å²) in [6, 6.07) is 10.1. The molecule has 0 saturated heterocycles. The molecule has 0 aromatic heterocycles. The van der Waals surface area contributed by atoms with Crippen LogP contribution in [-0.4, -0.2) is 40.5 Å². The summed E-state index contributed by atoms with van der Waals surface area (Å²) in [6.45, 7) is 17.3. The first-order valence-electron chi connectivity index (χ1n) is 14.4. The fourth-order valence-electron chi connectivity index (χ4n) is 5.36. The number of hydrogen-bond donors (Lipinski definition) is 2. The lowest BCUT2D eigenvalue weighted by Crippen LogP contribution is -2.57. The zero-order chi connectivity index (χ0) is 29.8. The number of para-hydroxylation sites is 1. The molecule has 2 atom stereocenters. The van der Waals surface area contributed by atoms with E-state index in [9.17, 15) is 14.4 Å². The van der Waals surface area contributed by atoms with E-state index in [0.29, 0.717) is 6.42 Å². The maximum atomic E-state index is 14.5. The summed E-state index contributed by atoms with van der Waals surface area (Å²) in [5.41, 5.74) is 4.69. The van der Waals surface area contributed by atoms with Gasteiger partial charge in [-0.2, -0.15) is 0 Å². The molecule has 7 nitrogen and oxygen atoms in total. The van der Waals surface area contributed by atoms with Crippen molar-refractivity contribution >= 4 is 23.6 Å². The molecule has 0 bridgehead atoms. The molecular formula is C33H47N3O4. The summed E-state index contributed by atoms with van der Waals surface area (Å²) in [5, 5.41) is 6.02. The van der Waals surface area contributed by atoms with Gasteiger partial charge in [0.05, 0.1) is 0 Å². The van der Waals surface area contributed by atoms with Crippen molar-refractivity contribution in [1.82, 2.24) is 10.2 Å². The Morgan fingerprint density at radius 3 is 1.90 bits per heavy atom. The van der Waals surface area contributed by atoms with E-state index in [-0.39, 0.29) is 23.8 Å². The second kappa shape index (κ2) is 12.9. The quantitative estimate of drug-likeness (QED) is 0.355. The molecule has 40 heavy (non-hydrogen) atoms. The molecule has 0 spiro atoms. The first kappa shape index (κ1) is 31.2. The molecular weight excluding hydrogens is 502 g/mol. The van der Waals surface area contributed by atoms with Crippen LogP contribution in [0.15, 0.2) is 36.4 Å². The minimum absolute atomic E-state index is 0.102. The van der Waals surface area contributed by atoms with Gasteiger partial charge in [-0.1, -0.05) is 50.2 Å². The van der Waals surface area contributed by atoms with Gasteiger partial charge in [0.25, 0.3) is 5.91 Å². The molecule has 1 aliphatic rings. The van der Waals surface area contributed by atoms with Crippen LogP contribution in [0, 0.1) is 33.6 Å². The molecule has 7 heteroatoms. The van der Waals surface area contributed by atoms with Crippen LogP contribution in [0.1, 0.15) is 94.2 Å². The number of nitrogens with zero attached hydrogens (tertiary/aromatic N) is 1. The smallest absolute Gasteiger partial charge is 0.408 e. The maximum absolute atomic E-state index is 14.5. The zero-order valence-electron chi connectivity index (χ0n) is 25.7. The van der Waals surface area contributed by atoms with E-state index in [0.717, 1.165) is 52.8 Å². The molecule has 1 saturated carbocycles. The lowest BCUT2D eigenvalue weighted by atomic mass is 9.85. The van der Waals surface area contributed by atoms with E-state index < -0.39 is 23.8 Å². The van der Waals surface area contributed by atoms with E-state index in [4.69, 9.17) is 4.74 Å². The second-order valence-corrected chi connectivity index (χ2v) is 12.6. The zero-order valence-corrected chi connectivity index (χ0v) is 25.7. The summed E-state index contributed by atoms with van der Waals surface area (Å²) in [6.07, 6.45) is 2.40. The molecule has 1 aliphatic carbocycles. The summed E-state index contributed by atoms with van der Waals surface area (Å²) in [4.78, 5) is 43.5. The highest BCUT2D eigenvalue weighted by molar-refractivity contribution is 6.00. The van der Waals surface area contributed by atoms with Gasteiger partial charge < -0.3 is 20.3 Å². The highest BCUT2D eigenvalue weighted by Crippen LogP contribution is 2.37. The molecule has 0 heterocycles. The number of hydrogen-bond acceptors (Lipinski definition) is 4. The van der Waals surface area contributed by atoms with E-state index in [1.165, 1.54) is 0 Å². The van der Waals surface area contributed by atoms with Crippen molar-refractivity contribution in [3.63, 3.8) is 0 Å². The summed E-state index contributed by atoms with van der Waals surface area (Å²) >= 11 is 0. The Balaban J connectivity index is 2.11. The van der Waals surface area contributed by atoms with Crippen molar-refractivity contribution < 1.29 is 19.1 Å². The van der Waals surface area contributed by atoms with Crippen LogP contribution in [0.25, 0.3) is 0 Å². The molecule has 1 fully saturated rings. The van der Waals surface area contributed by atoms with Crippen molar-refractivity contribution in [2.45, 2.75) is 112 Å². The Morgan fingerprint density at radius 2 is 1.45 bits per heavy atom. The third-order valence-corrected chi connectivity index (χ3v) is 7.49. The highest BCUT2D eigenvalue weighted by Gasteiger charge is 2.43. The summed E-state index contributed by atoms with van der Waals surface area (Å²) in [7, 11) is 0. The first-order valence-corrected chi connectivity index (χ1v) is 14.4. The number of rotatable bonds is 9. The van der Waals surface area contributed by atoms with Crippen LogP contribution in [0.3, 0.4) is 0 Å². The molecule has 3 rings (SSSR count). The van der Waals surface area contributed by atoms with Crippen molar-refractivity contribution in [3.05, 3.63) is 64.2 Å². The van der Waals surface area contributed by atoms with Crippen molar-refractivity contribution in [3.8, 4) is 0 Å². The minimum Gasteiger partial charge on any atom is -0.444 e. The van der Waals surface area contributed by atoms with Gasteiger partial charge in [0, 0.05) is 11.7 Å². The Labute approximate surface area is 240 Å². The Morgan fingerprint density at radius 1 is 0.925 bits per heavy atom. The number of carbonyl (C=O) groups excluding carboxylic acids is 3. The molecule has 2 unspecified atom stereocenters. The largest absolute Gasteiger partial charge is 0.444 e. The number of anilines is 1. The van der Waals surface area contributed by atoms with Crippen LogP contribution in [-0.2, 0) is 14.3 Å². The van der Waals surface area contributed by atoms with E-state index >= 15 is 0 Å². The molecule has 2 aromatic carbocycles. The summed E-state index contributed by atoms with van der Waals surface area (Å²) in [5.74, 6) is -0.376. The number of nitrogens with one attached hydrogen (secondary N) is 2. The maximum Gasteiger partial charge on any atom is 0.408 e. The molecule has 0 radical (unpaired) electrons. The average molecular weight is 550 g/mol. The van der Waals surface area contributed by atoms with Gasteiger partial charge in [-0.15, -0.1) is 0 Å². The van der Waals surface area contributed by atoms with Gasteiger partial charge in [-0.05, 0) is 108 Å². The van der Waals surface area contributed by atoms with Gasteiger partial charge in [0.15, 0.2) is 0 Å². The second-order valence-electron chi connectivity index (χ2n) is 12.6. The molecule has 218 valence electrons. The Kier molecular flexibility index (Phi) is 10.0. The van der Waals surface area contributed by atoms with Gasteiger partial charge >= 0.3 is 6.09 Å². The third-order valence-electron chi connectivity index (χ3n) is 7.49. The van der Waals surface area contributed by atoms with Crippen LogP contribution in [0.4, 0.5) is 10.5 Å². The minimum atomic E-state index is -0.854. The standard InChI is InChI=1S/C33H47N3O4/c1-20(2)19-26(34-32(39)40-33(7,8)9)31(38)36(25-17-12-18-25)29(27-21(3)13-10-14-22(27)4)30(37)35-28-23(5)15-11-16-24(28)6/h10-11,13-16,20,25-26,29H,12,17-19H2,1-9H3,(H,34,39)(H,35,37). The van der Waals surface area contributed by atoms with Crippen LogP contribution < -0.4 is 10.6 Å². The fraction of sp³-hybridized carbons (Fsp3) is 0.545. The van der Waals surface area contributed by atoms with Gasteiger partial charge in [0.2, 0.25) is 5.91 Å². The normalized spacial score (nSPS) is 15.2. The number of carbonyl (C=O) groups is 3. The van der Waals surface area contributed by atoms with E-state index in [1.807, 2.05) is 77.9 Å². The Hall–Kier alpha value is -3.35. The SMILES string of the molecule is Cc1cccc(C)c1NC(=O)C(c1c(C)cccc1C)N(C(=O)C(CC(C)C)NC(=O)OC(C)(C)C)C1CCC1. The van der Waals surface area contributed by atoms with Gasteiger partial charge in [0.1, 0.15) is 17.7 Å². The summed E-state index contributed by atoms with van der Waals surface area (Å²) < 4.78 is 5.52. The Bertz CT molecular complexity index is 1190. The number of aryl methyl sites for hydroxylation is 4. The lowest BCUT2D eigenvalue weighted by molar-refractivity contribution is -0.146. The lowest BCUT2D eigenvalue weighted by Gasteiger charge is -2.44. The molecule has 3 amide bonds. The van der Waals surface area contributed by atoms with Gasteiger partial charge in [-0.25, -0.2) is 4.79 Å². The number of ether oxygens (including phenoxy) is 1. The van der Waals surface area contributed by atoms with E-state index in [1.54, 1.807) is 25.7 Å². The average Bonchev–Trinajstić information content (AvgIpc) is 2.79. The van der Waals surface area contributed by atoms with Crippen molar-refractivity contribution in [2.24, 2.45) is 5.92 Å². The topological polar surface area (TPSA) is 87.7 Å². The number of alkyl carbamates (subject to hydrolysis) is 1. The predicted molar refractivity (Wildman–Crippen MR) is 160 cm³/mol. The number of benzene rings is 2. The molecule has 2 N–H and O–H groups in total. The van der Waals surface area contributed by atoms with Crippen LogP contribution >= 0.6 is 0 Å². The van der Waals surface area contributed by atoms with Crippen LogP contribution in [0.5, 0.6) is 0 Å². The molecule has 2 aromatic rings. The van der Waals surface area contributed by atoms with Crippen LogP contribution in [0.2, 0.25) is 0 Å². The van der Waals surface area contributed by atoms with Crippen molar-refractivity contribution in [2.75, 3.05) is 5.32 Å². The monoisotopic (exact) mass is 549 g/mol. The predicted octanol–water partition coefficient (Wildman–Crippen LogP) is 6.92. The molecule has 0 aliphatic heterocycles. The number of amides is 3. The fourth-order valence-corrected chi connectivity index (χ4v) is 5.36. The van der Waals surface area contributed by atoms with Gasteiger partial charge in [-0.3, -0.25) is 9.59 Å². The van der Waals surface area contributed by atoms with E-state index in [2.05, 4.69) is 10.6 Å².